The van der Waals surface area contributed by atoms with E-state index in [1.165, 1.54) is 5.39 Å². The van der Waals surface area contributed by atoms with Crippen molar-refractivity contribution in [3.8, 4) is 84.5 Å². The van der Waals surface area contributed by atoms with Crippen LogP contribution in [0.25, 0.3) is 128 Å². The predicted molar refractivity (Wildman–Crippen MR) is 277 cm³/mol. The molecule has 6 heteroatoms. The minimum absolute atomic E-state index is 0.525. The summed E-state index contributed by atoms with van der Waals surface area (Å²) in [5, 5.41) is 4.34. The van der Waals surface area contributed by atoms with Crippen LogP contribution in [-0.2, 0) is 0 Å². The molecular weight excluding hydrogens is 831 g/mol. The smallest absolute Gasteiger partial charge is 0.166 e. The molecule has 0 bridgehead atoms. The van der Waals surface area contributed by atoms with E-state index in [-0.39, 0.29) is 0 Å². The van der Waals surface area contributed by atoms with Crippen LogP contribution in [0.4, 0.5) is 0 Å². The maximum atomic E-state index is 6.88. The van der Waals surface area contributed by atoms with E-state index in [0.717, 1.165) is 105 Å². The van der Waals surface area contributed by atoms with Gasteiger partial charge in [-0.1, -0.05) is 176 Å². The summed E-state index contributed by atoms with van der Waals surface area (Å²) in [7, 11) is 0. The molecule has 9 aromatic carbocycles. The van der Waals surface area contributed by atoms with Crippen LogP contribution in [0.1, 0.15) is 0 Å². The Morgan fingerprint density at radius 2 is 0.882 bits per heavy atom. The van der Waals surface area contributed by atoms with Crippen molar-refractivity contribution in [1.29, 1.82) is 0 Å². The van der Waals surface area contributed by atoms with E-state index in [9.17, 15) is 0 Å². The largest absolute Gasteiger partial charge is 0.454 e. The van der Waals surface area contributed by atoms with Crippen LogP contribution >= 0.6 is 0 Å². The molecule has 6 nitrogen and oxygen atoms in total. The summed E-state index contributed by atoms with van der Waals surface area (Å²) in [5.41, 5.74) is 15.7. The van der Waals surface area contributed by atoms with E-state index in [1.807, 2.05) is 66.9 Å². The number of rotatable bonds is 8. The fraction of sp³-hybridized carbons (Fsp3) is 0. The van der Waals surface area contributed by atoms with Crippen molar-refractivity contribution in [3.05, 3.63) is 237 Å². The number of pyridine rings is 1. The summed E-state index contributed by atoms with van der Waals surface area (Å²) in [5.74, 6) is 1.69. The molecule has 0 saturated heterocycles. The second kappa shape index (κ2) is 16.3. The molecule has 68 heavy (non-hydrogen) atoms. The third-order valence-electron chi connectivity index (χ3n) is 12.9. The Bertz CT molecular complexity index is 3940. The standard InChI is InChI=1S/C62H39N5O/c1-6-18-40(19-7-1)48-32-30-44(36-52(48)41-20-8-2-9-21-41)46-38-54(62-65-60(42-22-10-3-11-23-42)64-61(66-62)43-24-12-4-13-25-43)57(63-39-46)45-31-35-56-53(37-45)51-34-33-50-49-28-16-17-29-55(49)67(58(50)59(51)68-56)47-26-14-5-15-27-47/h1-39H. The fourth-order valence-corrected chi connectivity index (χ4v) is 9.68. The van der Waals surface area contributed by atoms with Crippen LogP contribution in [0, 0.1) is 0 Å². The number of furan rings is 1. The number of benzene rings is 9. The van der Waals surface area contributed by atoms with Gasteiger partial charge in [-0.15, -0.1) is 0 Å². The first-order chi connectivity index (χ1) is 33.7. The lowest BCUT2D eigenvalue weighted by Crippen LogP contribution is -2.02. The lowest BCUT2D eigenvalue weighted by atomic mass is 9.91. The number of nitrogens with zero attached hydrogens (tertiary/aromatic N) is 5. The van der Waals surface area contributed by atoms with Crippen LogP contribution in [0.15, 0.2) is 241 Å². The maximum Gasteiger partial charge on any atom is 0.166 e. The molecule has 0 saturated carbocycles. The van der Waals surface area contributed by atoms with Gasteiger partial charge in [0.2, 0.25) is 0 Å². The number of hydrogen-bond acceptors (Lipinski definition) is 5. The molecule has 13 rings (SSSR count). The molecule has 0 aliphatic heterocycles. The minimum atomic E-state index is 0.525. The Hall–Kier alpha value is -9.26. The highest BCUT2D eigenvalue weighted by atomic mass is 16.3. The number of fused-ring (bicyclic) bond motifs is 7. The molecule has 0 aliphatic carbocycles. The van der Waals surface area contributed by atoms with Gasteiger partial charge in [-0.05, 0) is 82.4 Å². The monoisotopic (exact) mass is 869 g/mol. The predicted octanol–water partition coefficient (Wildman–Crippen LogP) is 15.9. The molecule has 0 unspecified atom stereocenters. The van der Waals surface area contributed by atoms with Gasteiger partial charge < -0.3 is 8.98 Å². The lowest BCUT2D eigenvalue weighted by molar-refractivity contribution is 0.671. The van der Waals surface area contributed by atoms with Crippen molar-refractivity contribution in [2.24, 2.45) is 0 Å². The van der Waals surface area contributed by atoms with Crippen LogP contribution < -0.4 is 0 Å². The minimum Gasteiger partial charge on any atom is -0.454 e. The summed E-state index contributed by atoms with van der Waals surface area (Å²) in [6, 6.07) is 80.1. The van der Waals surface area contributed by atoms with Crippen molar-refractivity contribution in [2.45, 2.75) is 0 Å². The summed E-state index contributed by atoms with van der Waals surface area (Å²) in [6.07, 6.45) is 1.97. The first-order valence-electron chi connectivity index (χ1n) is 22.8. The molecular formula is C62H39N5O. The number of aromatic nitrogens is 5. The topological polar surface area (TPSA) is 69.6 Å². The Kier molecular flexibility index (Phi) is 9.39. The van der Waals surface area contributed by atoms with E-state index in [0.29, 0.717) is 17.5 Å². The Labute approximate surface area is 392 Å². The molecule has 4 heterocycles. The van der Waals surface area contributed by atoms with Crippen molar-refractivity contribution in [3.63, 3.8) is 0 Å². The van der Waals surface area contributed by atoms with Crippen molar-refractivity contribution in [1.82, 2.24) is 24.5 Å². The number of para-hydroxylation sites is 2. The van der Waals surface area contributed by atoms with Crippen molar-refractivity contribution < 1.29 is 4.42 Å². The van der Waals surface area contributed by atoms with Gasteiger partial charge in [0, 0.05) is 61.2 Å². The Balaban J connectivity index is 1.04. The van der Waals surface area contributed by atoms with Crippen LogP contribution in [0.5, 0.6) is 0 Å². The third kappa shape index (κ3) is 6.74. The van der Waals surface area contributed by atoms with Crippen LogP contribution in [0.2, 0.25) is 0 Å². The lowest BCUT2D eigenvalue weighted by Gasteiger charge is -2.15. The van der Waals surface area contributed by atoms with Gasteiger partial charge in [-0.3, -0.25) is 4.98 Å². The third-order valence-corrected chi connectivity index (χ3v) is 12.9. The van der Waals surface area contributed by atoms with Gasteiger partial charge in [0.25, 0.3) is 0 Å². The van der Waals surface area contributed by atoms with Gasteiger partial charge in [-0.25, -0.2) is 15.0 Å². The maximum absolute atomic E-state index is 6.88. The zero-order valence-corrected chi connectivity index (χ0v) is 36.7. The molecule has 0 radical (unpaired) electrons. The molecule has 0 N–H and O–H groups in total. The highest BCUT2D eigenvalue weighted by Gasteiger charge is 2.22. The zero-order chi connectivity index (χ0) is 45.0. The summed E-state index contributed by atoms with van der Waals surface area (Å²) in [6.45, 7) is 0. The van der Waals surface area contributed by atoms with E-state index in [4.69, 9.17) is 24.4 Å². The van der Waals surface area contributed by atoms with Gasteiger partial charge >= 0.3 is 0 Å². The van der Waals surface area contributed by atoms with Crippen LogP contribution in [0.3, 0.4) is 0 Å². The first-order valence-corrected chi connectivity index (χ1v) is 22.8. The van der Waals surface area contributed by atoms with E-state index in [1.54, 1.807) is 0 Å². The van der Waals surface area contributed by atoms with Crippen molar-refractivity contribution in [2.75, 3.05) is 0 Å². The van der Waals surface area contributed by atoms with Gasteiger partial charge in [0.1, 0.15) is 5.58 Å². The number of hydrogen-bond donors (Lipinski definition) is 0. The highest BCUT2D eigenvalue weighted by molar-refractivity contribution is 6.21. The van der Waals surface area contributed by atoms with E-state index in [2.05, 4.69) is 174 Å². The normalized spacial score (nSPS) is 11.5. The highest BCUT2D eigenvalue weighted by Crippen LogP contribution is 2.43. The zero-order valence-electron chi connectivity index (χ0n) is 36.7. The molecule has 13 aromatic rings. The Morgan fingerprint density at radius 3 is 1.56 bits per heavy atom. The van der Waals surface area contributed by atoms with Crippen LogP contribution in [-0.4, -0.2) is 24.5 Å². The average molecular weight is 870 g/mol. The Morgan fingerprint density at radius 1 is 0.338 bits per heavy atom. The van der Waals surface area contributed by atoms with Crippen molar-refractivity contribution >= 4 is 43.7 Å². The molecule has 0 atom stereocenters. The molecule has 0 fully saturated rings. The average Bonchev–Trinajstić information content (AvgIpc) is 3.97. The fourth-order valence-electron chi connectivity index (χ4n) is 9.68. The van der Waals surface area contributed by atoms with Gasteiger partial charge in [0.15, 0.2) is 23.1 Å². The van der Waals surface area contributed by atoms with E-state index >= 15 is 0 Å². The summed E-state index contributed by atoms with van der Waals surface area (Å²) < 4.78 is 9.20. The van der Waals surface area contributed by atoms with Gasteiger partial charge in [-0.2, -0.15) is 0 Å². The molecule has 4 aromatic heterocycles. The summed E-state index contributed by atoms with van der Waals surface area (Å²) in [4.78, 5) is 20.9. The quantitative estimate of drug-likeness (QED) is 0.152. The SMILES string of the molecule is c1ccc(-c2nc(-c3ccccc3)nc(-c3cc(-c4ccc(-c5ccccc5)c(-c5ccccc5)c4)cnc3-c3ccc4oc5c(ccc6c7ccccc7n(-c7ccccc7)c65)c4c3)n2)cc1. The molecule has 0 amide bonds. The second-order valence-electron chi connectivity index (χ2n) is 17.0. The molecule has 318 valence electrons. The van der Waals surface area contributed by atoms with E-state index < -0.39 is 0 Å². The van der Waals surface area contributed by atoms with Gasteiger partial charge in [0.05, 0.1) is 16.7 Å². The molecule has 0 spiro atoms. The second-order valence-corrected chi connectivity index (χ2v) is 17.0. The summed E-state index contributed by atoms with van der Waals surface area (Å²) >= 11 is 0. The first kappa shape index (κ1) is 39.1. The molecule has 0 aliphatic rings.